The molecule has 1 atom stereocenters. The Hall–Kier alpha value is -3.06. The Bertz CT molecular complexity index is 896. The lowest BCUT2D eigenvalue weighted by Crippen LogP contribution is -2.27. The molecular weight excluding hydrogens is 384 g/mol. The minimum Gasteiger partial charge on any atom is -0.496 e. The topological polar surface area (TPSA) is 108 Å². The smallest absolute Gasteiger partial charge is 0.342 e. The summed E-state index contributed by atoms with van der Waals surface area (Å²) in [6.45, 7) is 3.12. The van der Waals surface area contributed by atoms with Crippen LogP contribution in [-0.4, -0.2) is 30.9 Å². The summed E-state index contributed by atoms with van der Waals surface area (Å²) in [5, 5.41) is 2.80. The van der Waals surface area contributed by atoms with Crippen LogP contribution in [0.1, 0.15) is 41.0 Å². The zero-order chi connectivity index (χ0) is 20.8. The highest BCUT2D eigenvalue weighted by molar-refractivity contribution is 6.33. The van der Waals surface area contributed by atoms with E-state index in [1.807, 2.05) is 0 Å². The zero-order valence-electron chi connectivity index (χ0n) is 15.7. The van der Waals surface area contributed by atoms with E-state index in [0.29, 0.717) is 11.3 Å². The lowest BCUT2D eigenvalue weighted by Gasteiger charge is -2.17. The van der Waals surface area contributed by atoms with Crippen molar-refractivity contribution in [1.82, 2.24) is 0 Å². The molecule has 2 aromatic carbocycles. The first-order valence-electron chi connectivity index (χ1n) is 8.52. The highest BCUT2D eigenvalue weighted by Crippen LogP contribution is 2.30. The van der Waals surface area contributed by atoms with E-state index < -0.39 is 12.1 Å². The number of rotatable bonds is 7. The molecule has 28 heavy (non-hydrogen) atoms. The second-order valence-corrected chi connectivity index (χ2v) is 6.41. The molecule has 1 amide bonds. The first-order valence-corrected chi connectivity index (χ1v) is 8.90. The lowest BCUT2D eigenvalue weighted by atomic mass is 10.0. The number of benzene rings is 2. The molecule has 1 unspecified atom stereocenters. The maximum absolute atomic E-state index is 12.7. The van der Waals surface area contributed by atoms with Crippen molar-refractivity contribution in [2.45, 2.75) is 26.4 Å². The second-order valence-electron chi connectivity index (χ2n) is 6.00. The molecule has 0 fully saturated rings. The number of halogens is 1. The minimum absolute atomic E-state index is 0.0777. The van der Waals surface area contributed by atoms with Gasteiger partial charge in [-0.3, -0.25) is 9.59 Å². The molecule has 0 aromatic heterocycles. The Morgan fingerprint density at radius 1 is 1.18 bits per heavy atom. The Balaban J connectivity index is 2.19. The Kier molecular flexibility index (Phi) is 7.00. The fourth-order valence-corrected chi connectivity index (χ4v) is 2.68. The van der Waals surface area contributed by atoms with E-state index in [1.54, 1.807) is 31.2 Å². The van der Waals surface area contributed by atoms with Gasteiger partial charge in [0.2, 0.25) is 11.7 Å². The van der Waals surface area contributed by atoms with E-state index in [1.165, 1.54) is 26.2 Å². The van der Waals surface area contributed by atoms with Gasteiger partial charge in [-0.25, -0.2) is 4.79 Å². The normalized spacial score (nSPS) is 11.4. The highest BCUT2D eigenvalue weighted by Gasteiger charge is 2.25. The molecule has 0 aliphatic heterocycles. The van der Waals surface area contributed by atoms with E-state index in [4.69, 9.17) is 26.8 Å². The molecule has 148 valence electrons. The first kappa shape index (κ1) is 21.2. The number of anilines is 2. The molecule has 0 saturated heterocycles. The maximum atomic E-state index is 12.7. The van der Waals surface area contributed by atoms with Gasteiger partial charge in [-0.05, 0) is 36.8 Å². The van der Waals surface area contributed by atoms with Crippen molar-refractivity contribution in [2.75, 3.05) is 18.2 Å². The monoisotopic (exact) mass is 404 g/mol. The molecule has 0 radical (unpaired) electrons. The molecule has 0 saturated carbocycles. The van der Waals surface area contributed by atoms with Crippen LogP contribution in [0.3, 0.4) is 0 Å². The molecule has 0 aliphatic carbocycles. The number of ether oxygens (including phenoxy) is 2. The molecular formula is C20H21ClN2O5. The van der Waals surface area contributed by atoms with Crippen molar-refractivity contribution in [1.29, 1.82) is 0 Å². The van der Waals surface area contributed by atoms with Gasteiger partial charge in [0.25, 0.3) is 0 Å². The number of nitrogen functional groups attached to an aromatic ring is 1. The number of esters is 1. The summed E-state index contributed by atoms with van der Waals surface area (Å²) >= 11 is 5.98. The number of hydrogen-bond acceptors (Lipinski definition) is 6. The highest BCUT2D eigenvalue weighted by atomic mass is 35.5. The molecule has 7 nitrogen and oxygen atoms in total. The summed E-state index contributed by atoms with van der Waals surface area (Å²) in [6.07, 6.45) is -0.705. The van der Waals surface area contributed by atoms with Crippen molar-refractivity contribution in [2.24, 2.45) is 0 Å². The van der Waals surface area contributed by atoms with Gasteiger partial charge in [0, 0.05) is 24.2 Å². The zero-order valence-corrected chi connectivity index (χ0v) is 16.5. The molecule has 0 aliphatic rings. The Morgan fingerprint density at radius 2 is 1.82 bits per heavy atom. The third kappa shape index (κ3) is 5.01. The van der Waals surface area contributed by atoms with Crippen molar-refractivity contribution in [3.05, 3.63) is 52.5 Å². The third-order valence-electron chi connectivity index (χ3n) is 3.94. The molecule has 0 bridgehead atoms. The van der Waals surface area contributed by atoms with Crippen LogP contribution in [0.5, 0.6) is 5.75 Å². The lowest BCUT2D eigenvalue weighted by molar-refractivity contribution is -0.114. The number of hydrogen-bond donors (Lipinski definition) is 2. The van der Waals surface area contributed by atoms with Crippen LogP contribution in [-0.2, 0) is 9.53 Å². The largest absolute Gasteiger partial charge is 0.496 e. The Morgan fingerprint density at radius 3 is 2.36 bits per heavy atom. The number of ketones is 1. The van der Waals surface area contributed by atoms with Crippen LogP contribution in [0.4, 0.5) is 11.4 Å². The minimum atomic E-state index is -0.986. The maximum Gasteiger partial charge on any atom is 0.342 e. The number of methoxy groups -OCH3 is 1. The summed E-state index contributed by atoms with van der Waals surface area (Å²) in [7, 11) is 1.39. The molecule has 3 N–H and O–H groups in total. The van der Waals surface area contributed by atoms with Crippen LogP contribution in [0, 0.1) is 0 Å². The molecule has 0 spiro atoms. The van der Waals surface area contributed by atoms with Gasteiger partial charge in [0.15, 0.2) is 6.10 Å². The SMILES string of the molecule is CCC(OC(=O)c1cc(Cl)c(N)cc1OC)C(=O)c1ccc(NC(C)=O)cc1. The number of carbonyl (C=O) groups is 3. The van der Waals surface area contributed by atoms with Gasteiger partial charge in [-0.1, -0.05) is 18.5 Å². The molecule has 0 heterocycles. The van der Waals surface area contributed by atoms with Crippen LogP contribution >= 0.6 is 11.6 Å². The van der Waals surface area contributed by atoms with E-state index >= 15 is 0 Å². The molecule has 2 rings (SSSR count). The summed E-state index contributed by atoms with van der Waals surface area (Å²) in [5.74, 6) is -1.11. The third-order valence-corrected chi connectivity index (χ3v) is 4.27. The van der Waals surface area contributed by atoms with Crippen molar-refractivity contribution in [3.63, 3.8) is 0 Å². The van der Waals surface area contributed by atoms with Gasteiger partial charge in [-0.2, -0.15) is 0 Å². The second kappa shape index (κ2) is 9.23. The standard InChI is InChI=1S/C20H21ClN2O5/c1-4-17(19(25)12-5-7-13(8-6-12)23-11(2)24)28-20(26)14-9-15(21)16(22)10-18(14)27-3/h5-10,17H,4,22H2,1-3H3,(H,23,24). The number of carbonyl (C=O) groups excluding carboxylic acids is 3. The average Bonchev–Trinajstić information content (AvgIpc) is 2.67. The predicted molar refractivity (Wildman–Crippen MR) is 107 cm³/mol. The van der Waals surface area contributed by atoms with Crippen LogP contribution in [0.15, 0.2) is 36.4 Å². The summed E-state index contributed by atoms with van der Waals surface area (Å²) < 4.78 is 10.5. The number of Topliss-reactive ketones (excluding diaryl/α,β-unsaturated/α-hetero) is 1. The molecule has 8 heteroatoms. The number of nitrogens with one attached hydrogen (secondary N) is 1. The fourth-order valence-electron chi connectivity index (χ4n) is 2.52. The van der Waals surface area contributed by atoms with Crippen LogP contribution in [0.25, 0.3) is 0 Å². The summed E-state index contributed by atoms with van der Waals surface area (Å²) in [5.41, 5.74) is 6.98. The van der Waals surface area contributed by atoms with E-state index in [2.05, 4.69) is 5.32 Å². The quantitative estimate of drug-likeness (QED) is 0.413. The number of nitrogens with two attached hydrogens (primary N) is 1. The average molecular weight is 405 g/mol. The van der Waals surface area contributed by atoms with Gasteiger partial charge in [0.05, 0.1) is 17.8 Å². The van der Waals surface area contributed by atoms with Gasteiger partial charge < -0.3 is 20.5 Å². The van der Waals surface area contributed by atoms with Crippen LogP contribution < -0.4 is 15.8 Å². The van der Waals surface area contributed by atoms with Crippen molar-refractivity contribution < 1.29 is 23.9 Å². The van der Waals surface area contributed by atoms with Crippen LogP contribution in [0.2, 0.25) is 5.02 Å². The van der Waals surface area contributed by atoms with E-state index in [9.17, 15) is 14.4 Å². The fraction of sp³-hybridized carbons (Fsp3) is 0.250. The predicted octanol–water partition coefficient (Wildman–Crippen LogP) is 3.71. The molecule has 2 aromatic rings. The van der Waals surface area contributed by atoms with Gasteiger partial charge in [-0.15, -0.1) is 0 Å². The van der Waals surface area contributed by atoms with Gasteiger partial charge >= 0.3 is 5.97 Å². The number of amides is 1. The summed E-state index contributed by atoms with van der Waals surface area (Å²) in [4.78, 5) is 36.4. The van der Waals surface area contributed by atoms with E-state index in [0.717, 1.165) is 0 Å². The summed E-state index contributed by atoms with van der Waals surface area (Å²) in [6, 6.07) is 9.09. The van der Waals surface area contributed by atoms with Crippen molar-refractivity contribution in [3.8, 4) is 5.75 Å². The Labute approximate surface area is 167 Å². The van der Waals surface area contributed by atoms with Gasteiger partial charge in [0.1, 0.15) is 11.3 Å². The van der Waals surface area contributed by atoms with Crippen molar-refractivity contribution >= 4 is 40.6 Å². The van der Waals surface area contributed by atoms with E-state index in [-0.39, 0.29) is 40.1 Å². The first-order chi connectivity index (χ1) is 13.3.